The number of carboxylic acids is 1. The minimum atomic E-state index is -4.30. The molecule has 1 fully saturated rings. The second kappa shape index (κ2) is 17.1. The average Bonchev–Trinajstić information content (AvgIpc) is 3.50. The Morgan fingerprint density at radius 2 is 1.22 bits per heavy atom. The molecule has 1 aliphatic rings. The van der Waals surface area contributed by atoms with Gasteiger partial charge < -0.3 is 15.7 Å². The van der Waals surface area contributed by atoms with Gasteiger partial charge in [-0.25, -0.2) is 29.1 Å². The number of rotatable bonds is 12. The number of alkyl halides is 7. The minimum Gasteiger partial charge on any atom is -0.478 e. The molecule has 0 amide bonds. The number of aromatic nitrogens is 6. The van der Waals surface area contributed by atoms with E-state index in [1.807, 2.05) is 6.07 Å². The van der Waals surface area contributed by atoms with Gasteiger partial charge in [0.2, 0.25) is 0 Å². The number of nitrogens with one attached hydrogen (secondary N) is 2. The van der Waals surface area contributed by atoms with Gasteiger partial charge in [0, 0.05) is 54.5 Å². The van der Waals surface area contributed by atoms with Crippen LogP contribution in [0.2, 0.25) is 0 Å². The fourth-order valence-electron chi connectivity index (χ4n) is 6.39. The third-order valence-corrected chi connectivity index (χ3v) is 9.54. The van der Waals surface area contributed by atoms with Crippen molar-refractivity contribution in [2.45, 2.75) is 58.1 Å². The third kappa shape index (κ3) is 10.0. The molecule has 0 bridgehead atoms. The number of hydrogen-bond acceptors (Lipinski definition) is 8. The minimum absolute atomic E-state index is 0.0905. The molecule has 0 spiro atoms. The number of carbonyl (C=O) groups is 2. The number of aromatic carboxylic acids is 1. The third-order valence-electron chi connectivity index (χ3n) is 9.54. The van der Waals surface area contributed by atoms with Crippen molar-refractivity contribution in [3.05, 3.63) is 94.8 Å². The zero-order valence-corrected chi connectivity index (χ0v) is 31.9. The van der Waals surface area contributed by atoms with Gasteiger partial charge in [0.1, 0.15) is 17.6 Å². The molecule has 4 heterocycles. The van der Waals surface area contributed by atoms with Crippen molar-refractivity contribution in [3.63, 3.8) is 0 Å². The first-order valence-corrected chi connectivity index (χ1v) is 18.3. The van der Waals surface area contributed by atoms with Crippen molar-refractivity contribution < 1.29 is 45.4 Å². The number of carboxylic acid groups (broad SMARTS) is 1. The largest absolute Gasteiger partial charge is 0.478 e. The van der Waals surface area contributed by atoms with Crippen LogP contribution in [-0.2, 0) is 0 Å². The zero-order valence-electron chi connectivity index (χ0n) is 31.9. The first-order chi connectivity index (χ1) is 28.3. The van der Waals surface area contributed by atoms with Crippen LogP contribution in [0.4, 0.5) is 42.4 Å². The van der Waals surface area contributed by atoms with Crippen molar-refractivity contribution in [2.24, 2.45) is 5.92 Å². The fourth-order valence-corrected chi connectivity index (χ4v) is 6.39. The molecule has 0 saturated heterocycles. The van der Waals surface area contributed by atoms with E-state index < -0.39 is 37.3 Å². The number of halogens is 7. The quantitative estimate of drug-likeness (QED) is 0.0628. The summed E-state index contributed by atoms with van der Waals surface area (Å²) in [6.07, 6.45) is 6.25. The van der Waals surface area contributed by atoms with Gasteiger partial charge in [0.15, 0.2) is 28.7 Å². The topological polar surface area (TPSA) is 139 Å². The number of fused-ring (bicyclic) bond motifs is 2. The number of ketones is 1. The summed E-state index contributed by atoms with van der Waals surface area (Å²) in [5.74, 6) is 3.77. The molecule has 310 valence electrons. The van der Waals surface area contributed by atoms with Crippen molar-refractivity contribution in [3.8, 4) is 47.2 Å². The highest BCUT2D eigenvalue weighted by Crippen LogP contribution is 2.38. The zero-order chi connectivity index (χ0) is 43.5. The molecule has 4 aromatic heterocycles. The van der Waals surface area contributed by atoms with Crippen LogP contribution >= 0.6 is 0 Å². The molecule has 60 heavy (non-hydrogen) atoms. The highest BCUT2D eigenvalue weighted by molar-refractivity contribution is 5.98. The highest BCUT2D eigenvalue weighted by atomic mass is 19.4. The Morgan fingerprint density at radius 1 is 0.783 bits per heavy atom. The molecule has 3 N–H and O–H groups in total. The van der Waals surface area contributed by atoms with E-state index in [1.165, 1.54) is 12.3 Å². The summed E-state index contributed by atoms with van der Waals surface area (Å²) in [5.41, 5.74) is 5.82. The number of benzene rings is 2. The van der Waals surface area contributed by atoms with E-state index in [0.29, 0.717) is 45.8 Å². The number of Topliss-reactive ketones (excluding diaryl/α,β-unsaturated/α-hetero) is 1. The summed E-state index contributed by atoms with van der Waals surface area (Å²) >= 11 is 0. The van der Waals surface area contributed by atoms with Crippen LogP contribution in [0.5, 0.6) is 0 Å². The van der Waals surface area contributed by atoms with Crippen LogP contribution in [0.25, 0.3) is 33.8 Å². The molecule has 18 heteroatoms. The Bertz CT molecular complexity index is 2690. The smallest absolute Gasteiger partial charge is 0.390 e. The SMILES string of the molecule is C#Cc1cn2c(-c3ccc(C(=O)CC4C[C@@H]4F)c(C)c3)cnc2c(NCCC(F)(F)F)n1.C#Cc1cn2c(-c3ccc(C(=O)O)c(C)c3)cnc2c(NCCC(F)(F)F)n1. The second-order valence-corrected chi connectivity index (χ2v) is 14.0. The van der Waals surface area contributed by atoms with E-state index in [4.69, 9.17) is 18.0 Å². The molecule has 1 saturated carbocycles. The van der Waals surface area contributed by atoms with Gasteiger partial charge in [-0.05, 0) is 61.4 Å². The fraction of sp³-hybridized carbons (Fsp3) is 0.286. The molecule has 1 aliphatic carbocycles. The van der Waals surface area contributed by atoms with Crippen LogP contribution in [0.3, 0.4) is 0 Å². The number of aryl methyl sites for hydroxylation is 2. The van der Waals surface area contributed by atoms with Gasteiger partial charge in [-0.1, -0.05) is 18.2 Å². The van der Waals surface area contributed by atoms with Crippen molar-refractivity contribution in [1.82, 2.24) is 28.7 Å². The maximum absolute atomic E-state index is 13.1. The summed E-state index contributed by atoms with van der Waals surface area (Å²) in [4.78, 5) is 40.5. The number of hydrogen-bond donors (Lipinski definition) is 3. The summed E-state index contributed by atoms with van der Waals surface area (Å²) < 4.78 is 91.2. The Hall–Kier alpha value is -6.95. The lowest BCUT2D eigenvalue weighted by Gasteiger charge is -2.11. The average molecular weight is 833 g/mol. The van der Waals surface area contributed by atoms with Crippen LogP contribution < -0.4 is 10.6 Å². The molecular weight excluding hydrogens is 798 g/mol. The predicted octanol–water partition coefficient (Wildman–Crippen LogP) is 8.73. The normalized spacial score (nSPS) is 14.8. The van der Waals surface area contributed by atoms with E-state index in [9.17, 15) is 40.3 Å². The molecule has 6 aromatic rings. The Morgan fingerprint density at radius 3 is 1.58 bits per heavy atom. The van der Waals surface area contributed by atoms with Gasteiger partial charge in [-0.3, -0.25) is 13.6 Å². The summed E-state index contributed by atoms with van der Waals surface area (Å²) in [6.45, 7) is 2.75. The molecule has 2 atom stereocenters. The molecule has 7 rings (SSSR count). The Kier molecular flexibility index (Phi) is 12.2. The van der Waals surface area contributed by atoms with Crippen molar-refractivity contribution in [1.29, 1.82) is 0 Å². The van der Waals surface area contributed by atoms with E-state index in [2.05, 4.69) is 42.4 Å². The highest BCUT2D eigenvalue weighted by Gasteiger charge is 2.39. The maximum atomic E-state index is 13.1. The van der Waals surface area contributed by atoms with Crippen LogP contribution in [0, 0.1) is 44.5 Å². The number of imidazole rings is 2. The van der Waals surface area contributed by atoms with E-state index in [1.54, 1.807) is 65.5 Å². The van der Waals surface area contributed by atoms with E-state index in [-0.39, 0.29) is 59.8 Å². The summed E-state index contributed by atoms with van der Waals surface area (Å²) in [7, 11) is 0. The molecule has 2 aromatic carbocycles. The van der Waals surface area contributed by atoms with Gasteiger partial charge in [-0.2, -0.15) is 26.3 Å². The molecule has 0 radical (unpaired) electrons. The van der Waals surface area contributed by atoms with Gasteiger partial charge in [0.25, 0.3) is 0 Å². The van der Waals surface area contributed by atoms with E-state index >= 15 is 0 Å². The number of terminal acetylenes is 2. The van der Waals surface area contributed by atoms with Crippen LogP contribution in [-0.4, -0.2) is 77.2 Å². The van der Waals surface area contributed by atoms with E-state index in [0.717, 1.165) is 11.1 Å². The first-order valence-electron chi connectivity index (χ1n) is 18.3. The summed E-state index contributed by atoms with van der Waals surface area (Å²) in [5, 5.41) is 14.5. The summed E-state index contributed by atoms with van der Waals surface area (Å²) in [6, 6.07) is 10.1. The molecule has 11 nitrogen and oxygen atoms in total. The maximum Gasteiger partial charge on any atom is 0.390 e. The van der Waals surface area contributed by atoms with Gasteiger partial charge >= 0.3 is 18.3 Å². The lowest BCUT2D eigenvalue weighted by atomic mass is 9.98. The standard InChI is InChI=1S/C23H20F4N4O.C19H15F3N4O2/c1-3-16-12-31-19(11-29-22(31)21(30-16)28-7-6-23(25,26)27)14-4-5-17(13(2)8-14)20(32)10-15-9-18(15)24;1-3-13-10-26-15(12-4-5-14(18(27)28)11(2)8-12)9-24-17(26)16(25-13)23-7-6-19(20,21)22/h1,4-5,8,11-12,15,18H,6-7,9-10H2,2H3,(H,28,30);1,4-5,8-10H,6-7H2,2H3,(H,23,25)(H,27,28)/t15?,18-;/m0./s1. The number of nitrogens with zero attached hydrogens (tertiary/aromatic N) is 6. The molecule has 1 unspecified atom stereocenters. The number of anilines is 2. The molecular formula is C42H35F7N8O3. The lowest BCUT2D eigenvalue weighted by Crippen LogP contribution is -2.16. The van der Waals surface area contributed by atoms with Gasteiger partial charge in [-0.15, -0.1) is 12.8 Å². The van der Waals surface area contributed by atoms with Crippen molar-refractivity contribution in [2.75, 3.05) is 23.7 Å². The lowest BCUT2D eigenvalue weighted by molar-refractivity contribution is -0.132. The molecule has 0 aliphatic heterocycles. The second-order valence-electron chi connectivity index (χ2n) is 14.0. The van der Waals surface area contributed by atoms with Crippen molar-refractivity contribution >= 4 is 34.7 Å². The monoisotopic (exact) mass is 832 g/mol. The van der Waals surface area contributed by atoms with Gasteiger partial charge in [0.05, 0.1) is 42.2 Å². The van der Waals surface area contributed by atoms with Crippen LogP contribution in [0.1, 0.15) is 68.9 Å². The predicted molar refractivity (Wildman–Crippen MR) is 209 cm³/mol. The Labute approximate surface area is 338 Å². The van der Waals surface area contributed by atoms with Crippen LogP contribution in [0.15, 0.2) is 61.2 Å². The number of carbonyl (C=O) groups excluding carboxylic acids is 1. The Balaban J connectivity index is 0.000000203. The first kappa shape index (κ1) is 42.7.